The molecule has 3 nitrogen and oxygen atoms in total. The summed E-state index contributed by atoms with van der Waals surface area (Å²) in [5.41, 5.74) is 3.31. The van der Waals surface area contributed by atoms with Crippen molar-refractivity contribution < 1.29 is 14.6 Å². The lowest BCUT2D eigenvalue weighted by molar-refractivity contribution is -0.117. The minimum absolute atomic E-state index is 0.0762. The Morgan fingerprint density at radius 3 is 2.89 bits per heavy atom. The number of hydrogen-bond donors (Lipinski definition) is 1. The number of aliphatic hydroxyl groups is 1. The standard InChI is InChI=1S/C15H26O3/c1-11-5-4-8-15(2)9-13(16)14(18-10-17-3)7-6-12(11)15/h13-14,16H,4-10H2,1-3H3/t13-,14+,15+/m1/s1. The van der Waals surface area contributed by atoms with Crippen LogP contribution in [-0.4, -0.2) is 31.2 Å². The lowest BCUT2D eigenvalue weighted by atomic mass is 9.68. The quantitative estimate of drug-likeness (QED) is 0.621. The second kappa shape index (κ2) is 5.72. The molecule has 2 aliphatic rings. The molecule has 0 aliphatic heterocycles. The van der Waals surface area contributed by atoms with E-state index >= 15 is 0 Å². The first kappa shape index (κ1) is 14.0. The summed E-state index contributed by atoms with van der Waals surface area (Å²) in [5, 5.41) is 10.4. The van der Waals surface area contributed by atoms with E-state index in [1.54, 1.807) is 18.3 Å². The lowest BCUT2D eigenvalue weighted by Gasteiger charge is -2.37. The SMILES string of the molecule is COCO[C@H]1CCC2=C(C)CCC[C@@]2(C)C[C@H]1O. The normalized spacial score (nSPS) is 37.3. The Labute approximate surface area is 110 Å². The molecule has 2 rings (SSSR count). The van der Waals surface area contributed by atoms with Gasteiger partial charge in [0.05, 0.1) is 12.2 Å². The number of hydrogen-bond acceptors (Lipinski definition) is 3. The summed E-state index contributed by atoms with van der Waals surface area (Å²) >= 11 is 0. The predicted octanol–water partition coefficient (Wildman–Crippen LogP) is 3.03. The topological polar surface area (TPSA) is 38.7 Å². The van der Waals surface area contributed by atoms with Crippen LogP contribution in [0.1, 0.15) is 52.4 Å². The second-order valence-corrected chi connectivity index (χ2v) is 6.09. The zero-order chi connectivity index (χ0) is 13.2. The summed E-state index contributed by atoms with van der Waals surface area (Å²) in [5.74, 6) is 0. The van der Waals surface area contributed by atoms with Crippen LogP contribution in [0.25, 0.3) is 0 Å². The maximum atomic E-state index is 10.4. The van der Waals surface area contributed by atoms with Crippen molar-refractivity contribution >= 4 is 0 Å². The Hall–Kier alpha value is -0.380. The number of fused-ring (bicyclic) bond motifs is 1. The number of rotatable bonds is 3. The van der Waals surface area contributed by atoms with Crippen LogP contribution in [-0.2, 0) is 9.47 Å². The fourth-order valence-corrected chi connectivity index (χ4v) is 3.72. The molecule has 0 aromatic carbocycles. The Morgan fingerprint density at radius 2 is 2.17 bits per heavy atom. The van der Waals surface area contributed by atoms with Crippen molar-refractivity contribution in [1.82, 2.24) is 0 Å². The van der Waals surface area contributed by atoms with E-state index in [4.69, 9.17) is 9.47 Å². The molecule has 0 amide bonds. The monoisotopic (exact) mass is 254 g/mol. The van der Waals surface area contributed by atoms with Crippen LogP contribution in [0.4, 0.5) is 0 Å². The van der Waals surface area contributed by atoms with Crippen LogP contribution in [0, 0.1) is 5.41 Å². The average molecular weight is 254 g/mol. The van der Waals surface area contributed by atoms with Gasteiger partial charge in [-0.25, -0.2) is 0 Å². The van der Waals surface area contributed by atoms with Crippen molar-refractivity contribution in [3.63, 3.8) is 0 Å². The van der Waals surface area contributed by atoms with E-state index in [-0.39, 0.29) is 24.4 Å². The van der Waals surface area contributed by atoms with E-state index < -0.39 is 0 Å². The maximum Gasteiger partial charge on any atom is 0.146 e. The third kappa shape index (κ3) is 2.79. The fourth-order valence-electron chi connectivity index (χ4n) is 3.72. The summed E-state index contributed by atoms with van der Waals surface area (Å²) in [6.45, 7) is 4.85. The number of allylic oxidation sites excluding steroid dienone is 2. The zero-order valence-electron chi connectivity index (χ0n) is 11.9. The van der Waals surface area contributed by atoms with Gasteiger partial charge in [-0.05, 0) is 50.9 Å². The first-order chi connectivity index (χ1) is 8.57. The first-order valence-electron chi connectivity index (χ1n) is 7.04. The van der Waals surface area contributed by atoms with Crippen molar-refractivity contribution in [3.05, 3.63) is 11.1 Å². The Bertz CT molecular complexity index is 324. The minimum Gasteiger partial charge on any atom is -0.390 e. The average Bonchev–Trinajstić information content (AvgIpc) is 2.43. The summed E-state index contributed by atoms with van der Waals surface area (Å²) < 4.78 is 10.6. The smallest absolute Gasteiger partial charge is 0.146 e. The summed E-state index contributed by atoms with van der Waals surface area (Å²) in [7, 11) is 1.62. The van der Waals surface area contributed by atoms with Crippen molar-refractivity contribution in [3.8, 4) is 0 Å². The molecule has 104 valence electrons. The summed E-state index contributed by atoms with van der Waals surface area (Å²) in [4.78, 5) is 0. The van der Waals surface area contributed by atoms with Gasteiger partial charge in [-0.2, -0.15) is 0 Å². The first-order valence-corrected chi connectivity index (χ1v) is 7.04. The second-order valence-electron chi connectivity index (χ2n) is 6.09. The third-order valence-electron chi connectivity index (χ3n) is 4.69. The molecule has 3 atom stereocenters. The van der Waals surface area contributed by atoms with Crippen molar-refractivity contribution in [2.24, 2.45) is 5.41 Å². The van der Waals surface area contributed by atoms with Crippen molar-refractivity contribution in [1.29, 1.82) is 0 Å². The predicted molar refractivity (Wildman–Crippen MR) is 71.3 cm³/mol. The van der Waals surface area contributed by atoms with E-state index in [2.05, 4.69) is 13.8 Å². The number of methoxy groups -OCH3 is 1. The van der Waals surface area contributed by atoms with Gasteiger partial charge >= 0.3 is 0 Å². The number of aliphatic hydroxyl groups excluding tert-OH is 1. The Balaban J connectivity index is 2.14. The highest BCUT2D eigenvalue weighted by atomic mass is 16.7. The van der Waals surface area contributed by atoms with Crippen LogP contribution in [0.3, 0.4) is 0 Å². The lowest BCUT2D eigenvalue weighted by Crippen LogP contribution is -2.33. The fraction of sp³-hybridized carbons (Fsp3) is 0.867. The van der Waals surface area contributed by atoms with Gasteiger partial charge in [0.15, 0.2) is 0 Å². The molecule has 1 saturated carbocycles. The zero-order valence-corrected chi connectivity index (χ0v) is 11.9. The molecule has 1 fully saturated rings. The summed E-state index contributed by atoms with van der Waals surface area (Å²) in [6.07, 6.45) is 6.04. The molecule has 0 unspecified atom stereocenters. The molecule has 0 saturated heterocycles. The molecule has 0 aromatic heterocycles. The molecule has 0 bridgehead atoms. The molecule has 0 heterocycles. The van der Waals surface area contributed by atoms with Crippen molar-refractivity contribution in [2.45, 2.75) is 64.6 Å². The van der Waals surface area contributed by atoms with Gasteiger partial charge in [0.2, 0.25) is 0 Å². The molecular formula is C15H26O3. The summed E-state index contributed by atoms with van der Waals surface area (Å²) in [6, 6.07) is 0. The van der Waals surface area contributed by atoms with E-state index in [9.17, 15) is 5.11 Å². The largest absolute Gasteiger partial charge is 0.390 e. The highest BCUT2D eigenvalue weighted by Gasteiger charge is 2.40. The van der Waals surface area contributed by atoms with E-state index in [0.717, 1.165) is 19.3 Å². The molecule has 0 spiro atoms. The Kier molecular flexibility index (Phi) is 4.46. The maximum absolute atomic E-state index is 10.4. The van der Waals surface area contributed by atoms with Gasteiger partial charge in [0.25, 0.3) is 0 Å². The van der Waals surface area contributed by atoms with Gasteiger partial charge in [-0.3, -0.25) is 0 Å². The van der Waals surface area contributed by atoms with Gasteiger partial charge < -0.3 is 14.6 Å². The molecule has 2 aliphatic carbocycles. The van der Waals surface area contributed by atoms with Gasteiger partial charge in [-0.1, -0.05) is 18.1 Å². The van der Waals surface area contributed by atoms with Crippen LogP contribution in [0.5, 0.6) is 0 Å². The van der Waals surface area contributed by atoms with Crippen LogP contribution in [0.2, 0.25) is 0 Å². The van der Waals surface area contributed by atoms with Crippen LogP contribution < -0.4 is 0 Å². The Morgan fingerprint density at radius 1 is 1.39 bits per heavy atom. The van der Waals surface area contributed by atoms with Crippen LogP contribution in [0.15, 0.2) is 11.1 Å². The van der Waals surface area contributed by atoms with Crippen molar-refractivity contribution in [2.75, 3.05) is 13.9 Å². The number of ether oxygens (including phenoxy) is 2. The van der Waals surface area contributed by atoms with E-state index in [0.29, 0.717) is 0 Å². The van der Waals surface area contributed by atoms with Crippen LogP contribution >= 0.6 is 0 Å². The molecule has 1 N–H and O–H groups in total. The molecular weight excluding hydrogens is 228 g/mol. The molecule has 0 aromatic rings. The highest BCUT2D eigenvalue weighted by Crippen LogP contribution is 2.48. The van der Waals surface area contributed by atoms with Gasteiger partial charge in [0, 0.05) is 7.11 Å². The van der Waals surface area contributed by atoms with E-state index in [1.807, 2.05) is 0 Å². The van der Waals surface area contributed by atoms with E-state index in [1.165, 1.54) is 19.3 Å². The molecule has 0 radical (unpaired) electrons. The highest BCUT2D eigenvalue weighted by molar-refractivity contribution is 5.25. The third-order valence-corrected chi connectivity index (χ3v) is 4.69. The minimum atomic E-state index is -0.367. The molecule has 3 heteroatoms. The van der Waals surface area contributed by atoms with Gasteiger partial charge in [0.1, 0.15) is 6.79 Å². The molecule has 18 heavy (non-hydrogen) atoms. The van der Waals surface area contributed by atoms with Gasteiger partial charge in [-0.15, -0.1) is 0 Å².